The minimum Gasteiger partial charge on any atom is -0.402 e. The zero-order valence-corrected chi connectivity index (χ0v) is 15.2. The van der Waals surface area contributed by atoms with E-state index < -0.39 is 0 Å². The maximum atomic E-state index is 6.67. The summed E-state index contributed by atoms with van der Waals surface area (Å²) in [5.41, 5.74) is 8.30. The second kappa shape index (κ2) is 8.22. The number of nitrogens with two attached hydrogens (primary N) is 1. The molecule has 1 aliphatic carbocycles. The molecule has 0 radical (unpaired) electrons. The van der Waals surface area contributed by atoms with E-state index in [1.54, 1.807) is 0 Å². The van der Waals surface area contributed by atoms with Crippen LogP contribution in [0.5, 0.6) is 0 Å². The number of benzene rings is 1. The lowest BCUT2D eigenvalue weighted by Gasteiger charge is -2.33. The normalized spacial score (nSPS) is 25.6. The first-order valence-electron chi connectivity index (χ1n) is 9.22. The number of hydrogen-bond donors (Lipinski definition) is 1. The second-order valence-electron chi connectivity index (χ2n) is 7.39. The van der Waals surface area contributed by atoms with E-state index in [2.05, 4.69) is 41.3 Å². The van der Waals surface area contributed by atoms with E-state index in [1.165, 1.54) is 37.9 Å². The maximum Gasteiger partial charge on any atom is 0.0683 e. The number of rotatable bonds is 6. The molecule has 1 aromatic carbocycles. The molecule has 24 heavy (non-hydrogen) atoms. The van der Waals surface area contributed by atoms with Crippen LogP contribution >= 0.6 is 11.6 Å². The van der Waals surface area contributed by atoms with Crippen molar-refractivity contribution >= 4 is 11.6 Å². The molecule has 1 aromatic rings. The number of allylic oxidation sites excluding steroid dienone is 4. The molecule has 1 aliphatic heterocycles. The van der Waals surface area contributed by atoms with E-state index >= 15 is 0 Å². The van der Waals surface area contributed by atoms with E-state index in [4.69, 9.17) is 17.3 Å². The Balaban J connectivity index is 1.35. The Kier molecular flexibility index (Phi) is 6.02. The highest BCUT2D eigenvalue weighted by Crippen LogP contribution is 2.32. The lowest BCUT2D eigenvalue weighted by molar-refractivity contribution is 0.180. The smallest absolute Gasteiger partial charge is 0.0683 e. The van der Waals surface area contributed by atoms with Gasteiger partial charge in [0.25, 0.3) is 0 Å². The van der Waals surface area contributed by atoms with Crippen LogP contribution in [0.1, 0.15) is 37.7 Å². The molecule has 1 saturated heterocycles. The Morgan fingerprint density at radius 2 is 1.92 bits per heavy atom. The summed E-state index contributed by atoms with van der Waals surface area (Å²) in [6, 6.07) is 10.9. The van der Waals surface area contributed by atoms with E-state index in [-0.39, 0.29) is 4.87 Å². The number of piperidine rings is 1. The molecule has 1 heterocycles. The molecular weight excluding hydrogens is 316 g/mol. The molecule has 2 nitrogen and oxygen atoms in total. The van der Waals surface area contributed by atoms with Crippen molar-refractivity contribution in [1.29, 1.82) is 0 Å². The average molecular weight is 345 g/mol. The van der Waals surface area contributed by atoms with Gasteiger partial charge in [-0.1, -0.05) is 42.5 Å². The highest BCUT2D eigenvalue weighted by Gasteiger charge is 2.27. The van der Waals surface area contributed by atoms with Gasteiger partial charge in [-0.05, 0) is 69.3 Å². The van der Waals surface area contributed by atoms with Crippen molar-refractivity contribution in [3.63, 3.8) is 0 Å². The molecule has 1 unspecified atom stereocenters. The Labute approximate surface area is 151 Å². The van der Waals surface area contributed by atoms with Crippen molar-refractivity contribution in [3.8, 4) is 0 Å². The fourth-order valence-corrected chi connectivity index (χ4v) is 4.29. The largest absolute Gasteiger partial charge is 0.402 e. The van der Waals surface area contributed by atoms with Crippen LogP contribution in [0.2, 0.25) is 0 Å². The molecule has 0 amide bonds. The third-order valence-corrected chi connectivity index (χ3v) is 5.79. The predicted octanol–water partition coefficient (Wildman–Crippen LogP) is 4.50. The van der Waals surface area contributed by atoms with Gasteiger partial charge in [0.1, 0.15) is 0 Å². The number of likely N-dealkylation sites (tertiary alicyclic amines) is 1. The van der Waals surface area contributed by atoms with Crippen LogP contribution in [0.15, 0.2) is 54.3 Å². The maximum absolute atomic E-state index is 6.67. The van der Waals surface area contributed by atoms with Crippen molar-refractivity contribution < 1.29 is 0 Å². The fraction of sp³-hybridized carbons (Fsp3) is 0.524. The van der Waals surface area contributed by atoms with Crippen molar-refractivity contribution in [2.45, 2.75) is 43.4 Å². The zero-order valence-electron chi connectivity index (χ0n) is 14.5. The third kappa shape index (κ3) is 5.12. The highest BCUT2D eigenvalue weighted by atomic mass is 35.5. The van der Waals surface area contributed by atoms with Gasteiger partial charge in [0.15, 0.2) is 0 Å². The molecule has 0 bridgehead atoms. The van der Waals surface area contributed by atoms with Gasteiger partial charge in [-0.25, -0.2) is 0 Å². The van der Waals surface area contributed by atoms with Gasteiger partial charge in [0, 0.05) is 12.1 Å². The first-order valence-corrected chi connectivity index (χ1v) is 9.60. The molecule has 130 valence electrons. The highest BCUT2D eigenvalue weighted by molar-refractivity contribution is 6.25. The number of halogens is 1. The Morgan fingerprint density at radius 1 is 1.17 bits per heavy atom. The quantitative estimate of drug-likeness (QED) is 0.770. The summed E-state index contributed by atoms with van der Waals surface area (Å²) < 4.78 is 0. The Morgan fingerprint density at radius 3 is 2.62 bits per heavy atom. The third-order valence-electron chi connectivity index (χ3n) is 5.34. The second-order valence-corrected chi connectivity index (χ2v) is 8.14. The molecule has 1 atom stereocenters. The number of nitrogens with zero attached hydrogens (tertiary/aromatic N) is 1. The van der Waals surface area contributed by atoms with Crippen molar-refractivity contribution in [3.05, 3.63) is 59.8 Å². The van der Waals surface area contributed by atoms with E-state index in [0.29, 0.717) is 0 Å². The molecule has 2 aliphatic rings. The van der Waals surface area contributed by atoms with Crippen LogP contribution in [0.25, 0.3) is 0 Å². The zero-order chi connectivity index (χ0) is 16.8. The summed E-state index contributed by atoms with van der Waals surface area (Å²) in [5, 5.41) is 0. The van der Waals surface area contributed by atoms with Crippen LogP contribution in [-0.4, -0.2) is 29.4 Å². The van der Waals surface area contributed by atoms with Crippen molar-refractivity contribution in [2.75, 3.05) is 19.6 Å². The van der Waals surface area contributed by atoms with Crippen LogP contribution in [0, 0.1) is 5.92 Å². The van der Waals surface area contributed by atoms with Gasteiger partial charge in [0.2, 0.25) is 0 Å². The lowest BCUT2D eigenvalue weighted by Crippen LogP contribution is -2.35. The SMILES string of the molecule is NC1=CC=CC(Cl)(CCCN2CCC(Cc3ccccc3)CC2)C1. The van der Waals surface area contributed by atoms with Gasteiger partial charge in [0.05, 0.1) is 4.87 Å². The van der Waals surface area contributed by atoms with Crippen LogP contribution < -0.4 is 5.73 Å². The molecule has 0 saturated carbocycles. The first-order chi connectivity index (χ1) is 11.6. The minimum atomic E-state index is -0.259. The summed E-state index contributed by atoms with van der Waals surface area (Å²) in [4.78, 5) is 2.35. The summed E-state index contributed by atoms with van der Waals surface area (Å²) in [5.74, 6) is 0.842. The standard InChI is InChI=1S/C21H29ClN2/c22-21(11-4-8-20(23)17-21)12-5-13-24-14-9-19(10-15-24)16-18-6-2-1-3-7-18/h1-4,6-8,11,19H,5,9-10,12-17,23H2. The van der Waals surface area contributed by atoms with Gasteiger partial charge in [-0.15, -0.1) is 11.6 Å². The van der Waals surface area contributed by atoms with E-state index in [1.807, 2.05) is 12.2 Å². The summed E-state index contributed by atoms with van der Waals surface area (Å²) in [6.45, 7) is 3.61. The van der Waals surface area contributed by atoms with Crippen molar-refractivity contribution in [1.82, 2.24) is 4.90 Å². The van der Waals surface area contributed by atoms with Gasteiger partial charge in [-0.3, -0.25) is 0 Å². The molecule has 1 fully saturated rings. The molecule has 3 heteroatoms. The Hall–Kier alpha value is -1.25. The Bertz CT molecular complexity index is 573. The predicted molar refractivity (Wildman–Crippen MR) is 103 cm³/mol. The number of hydrogen-bond acceptors (Lipinski definition) is 2. The minimum absolute atomic E-state index is 0.259. The topological polar surface area (TPSA) is 29.3 Å². The monoisotopic (exact) mass is 344 g/mol. The summed E-state index contributed by atoms with van der Waals surface area (Å²) >= 11 is 6.67. The molecule has 2 N–H and O–H groups in total. The first kappa shape index (κ1) is 17.6. The van der Waals surface area contributed by atoms with Crippen LogP contribution in [-0.2, 0) is 6.42 Å². The molecule has 3 rings (SSSR count). The molecule has 0 aromatic heterocycles. The van der Waals surface area contributed by atoms with Gasteiger partial charge >= 0.3 is 0 Å². The van der Waals surface area contributed by atoms with Crippen LogP contribution in [0.3, 0.4) is 0 Å². The van der Waals surface area contributed by atoms with Gasteiger partial charge in [-0.2, -0.15) is 0 Å². The average Bonchev–Trinajstić information content (AvgIpc) is 2.57. The summed E-state index contributed by atoms with van der Waals surface area (Å²) in [7, 11) is 0. The number of alkyl halides is 1. The van der Waals surface area contributed by atoms with Crippen molar-refractivity contribution in [2.24, 2.45) is 11.7 Å². The molecular formula is C21H29ClN2. The van der Waals surface area contributed by atoms with E-state index in [0.717, 1.165) is 37.4 Å². The molecule has 0 spiro atoms. The van der Waals surface area contributed by atoms with Gasteiger partial charge < -0.3 is 10.6 Å². The fourth-order valence-electron chi connectivity index (χ4n) is 3.93. The van der Waals surface area contributed by atoms with E-state index in [9.17, 15) is 0 Å². The lowest BCUT2D eigenvalue weighted by atomic mass is 9.89. The summed E-state index contributed by atoms with van der Waals surface area (Å²) in [6.07, 6.45) is 12.9. The van der Waals surface area contributed by atoms with Crippen LogP contribution in [0.4, 0.5) is 0 Å².